The minimum absolute atomic E-state index is 0.123. The Bertz CT molecular complexity index is 1120. The third-order valence-electron chi connectivity index (χ3n) is 5.56. The van der Waals surface area contributed by atoms with Gasteiger partial charge < -0.3 is 14.7 Å². The molecule has 0 bridgehead atoms. The van der Waals surface area contributed by atoms with Crippen LogP contribution in [0.15, 0.2) is 58.1 Å². The van der Waals surface area contributed by atoms with Crippen molar-refractivity contribution >= 4 is 16.8 Å². The van der Waals surface area contributed by atoms with Gasteiger partial charge in [0.15, 0.2) is 5.78 Å². The molecule has 7 heteroatoms. The second kappa shape index (κ2) is 8.69. The summed E-state index contributed by atoms with van der Waals surface area (Å²) in [4.78, 5) is 16.5. The van der Waals surface area contributed by atoms with Crippen LogP contribution in [-0.2, 0) is 13.1 Å². The maximum absolute atomic E-state index is 11.8. The van der Waals surface area contributed by atoms with Crippen LogP contribution in [-0.4, -0.2) is 52.1 Å². The molecule has 0 unspecified atom stereocenters. The first kappa shape index (κ1) is 20.1. The molecule has 1 saturated heterocycles. The smallest absolute Gasteiger partial charge is 0.266 e. The molecular formula is C23H25N3O4. The molecule has 2 aromatic carbocycles. The van der Waals surface area contributed by atoms with E-state index in [0.717, 1.165) is 32.7 Å². The lowest BCUT2D eigenvalue weighted by molar-refractivity contribution is 0.101. The van der Waals surface area contributed by atoms with Gasteiger partial charge in [0.05, 0.1) is 11.1 Å². The summed E-state index contributed by atoms with van der Waals surface area (Å²) in [6.07, 6.45) is 0. The van der Waals surface area contributed by atoms with Gasteiger partial charge in [-0.3, -0.25) is 14.6 Å². The molecule has 0 spiro atoms. The van der Waals surface area contributed by atoms with Crippen molar-refractivity contribution in [3.63, 3.8) is 0 Å². The molecule has 3 aromatic rings. The van der Waals surface area contributed by atoms with E-state index in [0.29, 0.717) is 23.1 Å². The van der Waals surface area contributed by atoms with Gasteiger partial charge >= 0.3 is 0 Å². The van der Waals surface area contributed by atoms with Crippen molar-refractivity contribution in [1.82, 2.24) is 9.80 Å². The second-order valence-electron chi connectivity index (χ2n) is 7.64. The highest BCUT2D eigenvalue weighted by Gasteiger charge is 2.21. The fourth-order valence-electron chi connectivity index (χ4n) is 3.89. The van der Waals surface area contributed by atoms with Crippen molar-refractivity contribution in [2.24, 2.45) is 5.16 Å². The van der Waals surface area contributed by atoms with E-state index in [4.69, 9.17) is 4.42 Å². The van der Waals surface area contributed by atoms with E-state index in [-0.39, 0.29) is 22.7 Å². The summed E-state index contributed by atoms with van der Waals surface area (Å²) in [5, 5.41) is 23.5. The summed E-state index contributed by atoms with van der Waals surface area (Å²) in [5.74, 6) is -0.130. The van der Waals surface area contributed by atoms with Crippen molar-refractivity contribution in [3.05, 3.63) is 70.8 Å². The Labute approximate surface area is 174 Å². The zero-order valence-electron chi connectivity index (χ0n) is 16.9. The van der Waals surface area contributed by atoms with Crippen molar-refractivity contribution in [3.8, 4) is 5.75 Å². The Morgan fingerprint density at radius 1 is 1.03 bits per heavy atom. The van der Waals surface area contributed by atoms with Gasteiger partial charge in [0.1, 0.15) is 11.3 Å². The molecular weight excluding hydrogens is 382 g/mol. The Morgan fingerprint density at radius 2 is 1.70 bits per heavy atom. The highest BCUT2D eigenvalue weighted by molar-refractivity contribution is 5.97. The quantitative estimate of drug-likeness (QED) is 0.384. The normalized spacial score (nSPS) is 16.2. The van der Waals surface area contributed by atoms with Gasteiger partial charge in [-0.05, 0) is 35.8 Å². The fraction of sp³-hybridized carbons (Fsp3) is 0.304. The predicted octanol–water partition coefficient (Wildman–Crippen LogP) is 2.95. The average molecular weight is 407 g/mol. The minimum atomic E-state index is -0.252. The van der Waals surface area contributed by atoms with E-state index < -0.39 is 0 Å². The molecule has 1 fully saturated rings. The van der Waals surface area contributed by atoms with Crippen molar-refractivity contribution < 1.29 is 19.5 Å². The lowest BCUT2D eigenvalue weighted by atomic mass is 10.1. The number of ketones is 1. The summed E-state index contributed by atoms with van der Waals surface area (Å²) in [6.45, 7) is 6.43. The first-order valence-electron chi connectivity index (χ1n) is 10.0. The van der Waals surface area contributed by atoms with Gasteiger partial charge in [0.25, 0.3) is 5.55 Å². The molecule has 30 heavy (non-hydrogen) atoms. The predicted molar refractivity (Wildman–Crippen MR) is 112 cm³/mol. The lowest BCUT2D eigenvalue weighted by Gasteiger charge is -2.34. The van der Waals surface area contributed by atoms with Crippen LogP contribution < -0.4 is 5.55 Å². The second-order valence-corrected chi connectivity index (χ2v) is 7.64. The number of nitrogens with zero attached hydrogens (tertiary/aromatic N) is 3. The van der Waals surface area contributed by atoms with Crippen molar-refractivity contribution in [1.29, 1.82) is 0 Å². The summed E-state index contributed by atoms with van der Waals surface area (Å²) in [6, 6.07) is 15.4. The number of Topliss-reactive ketones (excluding diaryl/α,β-unsaturated/α-hetero) is 1. The zero-order valence-corrected chi connectivity index (χ0v) is 16.9. The molecule has 4 rings (SSSR count). The maximum Gasteiger partial charge on any atom is 0.266 e. The number of phenolic OH excluding ortho intramolecular Hbond substituents is 1. The summed E-state index contributed by atoms with van der Waals surface area (Å²) in [5.41, 5.74) is 2.42. The number of phenols is 1. The van der Waals surface area contributed by atoms with Crippen LogP contribution >= 0.6 is 0 Å². The number of rotatable bonds is 5. The van der Waals surface area contributed by atoms with E-state index in [9.17, 15) is 15.1 Å². The number of hydrogen-bond donors (Lipinski definition) is 2. The lowest BCUT2D eigenvalue weighted by Crippen LogP contribution is -2.45. The maximum atomic E-state index is 11.8. The highest BCUT2D eigenvalue weighted by atomic mass is 16.5. The van der Waals surface area contributed by atoms with Crippen molar-refractivity contribution in [2.75, 3.05) is 26.2 Å². The van der Waals surface area contributed by atoms with Crippen LogP contribution in [0.4, 0.5) is 0 Å². The standard InChI is InChI=1S/C23H25N3O4/c1-16(27)19-13-18-7-8-21(28)20(22(18)30-23(19)24-29)15-26-11-9-25(10-12-26)14-17-5-3-2-4-6-17/h2-8,13,28-29H,9-12,14-15H2,1H3. The van der Waals surface area contributed by atoms with Crippen LogP contribution in [0.25, 0.3) is 11.0 Å². The number of piperazine rings is 1. The van der Waals surface area contributed by atoms with E-state index in [1.165, 1.54) is 12.5 Å². The highest BCUT2D eigenvalue weighted by Crippen LogP contribution is 2.28. The zero-order chi connectivity index (χ0) is 21.1. The number of carbonyl (C=O) groups excluding carboxylic acids is 1. The van der Waals surface area contributed by atoms with Crippen molar-refractivity contribution in [2.45, 2.75) is 20.0 Å². The minimum Gasteiger partial charge on any atom is -0.507 e. The van der Waals surface area contributed by atoms with E-state index in [1.807, 2.05) is 6.07 Å². The molecule has 0 radical (unpaired) electrons. The molecule has 0 atom stereocenters. The summed E-state index contributed by atoms with van der Waals surface area (Å²) < 4.78 is 5.72. The van der Waals surface area contributed by atoms with Gasteiger partial charge in [0.2, 0.25) is 0 Å². The van der Waals surface area contributed by atoms with Gasteiger partial charge in [0, 0.05) is 44.7 Å². The molecule has 1 aromatic heterocycles. The molecule has 0 saturated carbocycles. The Hall–Kier alpha value is -3.16. The molecule has 2 heterocycles. The number of carbonyl (C=O) groups is 1. The largest absolute Gasteiger partial charge is 0.507 e. The van der Waals surface area contributed by atoms with Crippen LogP contribution in [0.2, 0.25) is 0 Å². The topological polar surface area (TPSA) is 89.5 Å². The Morgan fingerprint density at radius 3 is 2.33 bits per heavy atom. The van der Waals surface area contributed by atoms with Gasteiger partial charge in [-0.2, -0.15) is 0 Å². The first-order chi connectivity index (χ1) is 14.5. The van der Waals surface area contributed by atoms with Gasteiger partial charge in [-0.1, -0.05) is 30.3 Å². The monoisotopic (exact) mass is 407 g/mol. The van der Waals surface area contributed by atoms with Gasteiger partial charge in [-0.15, -0.1) is 0 Å². The summed E-state index contributed by atoms with van der Waals surface area (Å²) >= 11 is 0. The Balaban J connectivity index is 1.53. The van der Waals surface area contributed by atoms with Crippen LogP contribution in [0.1, 0.15) is 28.4 Å². The van der Waals surface area contributed by atoms with Gasteiger partial charge in [-0.25, -0.2) is 0 Å². The van der Waals surface area contributed by atoms with E-state index in [2.05, 4.69) is 39.2 Å². The van der Waals surface area contributed by atoms with Crippen LogP contribution in [0.5, 0.6) is 5.75 Å². The van der Waals surface area contributed by atoms with E-state index in [1.54, 1.807) is 18.2 Å². The molecule has 1 aliphatic rings. The van der Waals surface area contributed by atoms with Crippen LogP contribution in [0.3, 0.4) is 0 Å². The van der Waals surface area contributed by atoms with E-state index >= 15 is 0 Å². The molecule has 2 N–H and O–H groups in total. The molecule has 1 aliphatic heterocycles. The number of aromatic hydroxyl groups is 1. The number of benzene rings is 2. The number of fused-ring (bicyclic) bond motifs is 1. The number of hydrogen-bond acceptors (Lipinski definition) is 7. The SMILES string of the molecule is CC(=O)c1cc2ccc(O)c(CN3CCN(Cc4ccccc4)CC3)c2oc1=NO. The third-order valence-corrected chi connectivity index (χ3v) is 5.56. The molecule has 0 aliphatic carbocycles. The summed E-state index contributed by atoms with van der Waals surface area (Å²) in [7, 11) is 0. The molecule has 0 amide bonds. The molecule has 156 valence electrons. The fourth-order valence-corrected chi connectivity index (χ4v) is 3.89. The van der Waals surface area contributed by atoms with Crippen LogP contribution in [0, 0.1) is 0 Å². The first-order valence-corrected chi connectivity index (χ1v) is 10.0. The molecule has 7 nitrogen and oxygen atoms in total. The average Bonchev–Trinajstić information content (AvgIpc) is 2.76. The third kappa shape index (κ3) is 4.22. The Kier molecular flexibility index (Phi) is 5.83.